The van der Waals surface area contributed by atoms with Gasteiger partial charge >= 0.3 is 0 Å². The molecule has 1 heterocycles. The molecule has 1 saturated heterocycles. The lowest BCUT2D eigenvalue weighted by atomic mass is 10.0. The van der Waals surface area contributed by atoms with E-state index >= 15 is 0 Å². The molecule has 0 radical (unpaired) electrons. The molecule has 3 atom stereocenters. The molecule has 2 heteroatoms. The van der Waals surface area contributed by atoms with Crippen molar-refractivity contribution < 1.29 is 9.47 Å². The van der Waals surface area contributed by atoms with Gasteiger partial charge in [-0.15, -0.1) is 6.58 Å². The normalized spacial score (nSPS) is 31.8. The number of allylic oxidation sites excluding steroid dienone is 1. The number of ether oxygens (including phenoxy) is 2. The van der Waals surface area contributed by atoms with Crippen molar-refractivity contribution in [2.45, 2.75) is 39.1 Å². The van der Waals surface area contributed by atoms with Crippen LogP contribution < -0.4 is 0 Å². The fourth-order valence-electron chi connectivity index (χ4n) is 1.47. The van der Waals surface area contributed by atoms with Crippen molar-refractivity contribution in [1.29, 1.82) is 0 Å². The van der Waals surface area contributed by atoms with Crippen LogP contribution in [0.3, 0.4) is 0 Å². The maximum absolute atomic E-state index is 5.60. The van der Waals surface area contributed by atoms with E-state index < -0.39 is 0 Å². The van der Waals surface area contributed by atoms with Crippen LogP contribution >= 0.6 is 0 Å². The van der Waals surface area contributed by atoms with Gasteiger partial charge in [-0.3, -0.25) is 0 Å². The fraction of sp³-hybridized carbons (Fsp3) is 0.800. The second kappa shape index (κ2) is 4.63. The molecule has 0 aromatic heterocycles. The predicted octanol–water partition coefficient (Wildman–Crippen LogP) is 2.35. The quantitative estimate of drug-likeness (QED) is 0.603. The third kappa shape index (κ3) is 2.32. The highest BCUT2D eigenvalue weighted by molar-refractivity contribution is 4.77. The van der Waals surface area contributed by atoms with Gasteiger partial charge < -0.3 is 9.47 Å². The van der Waals surface area contributed by atoms with Crippen LogP contribution in [0.1, 0.15) is 26.7 Å². The standard InChI is InChI=1S/C10H18O2/c1-4-6-9(5-2)10-11-7-8(3)12-10/h4,8-10H,1,5-7H2,2-3H3. The zero-order valence-corrected chi connectivity index (χ0v) is 7.95. The molecule has 0 spiro atoms. The van der Waals surface area contributed by atoms with Gasteiger partial charge in [-0.05, 0) is 19.8 Å². The van der Waals surface area contributed by atoms with Crippen LogP contribution in [-0.2, 0) is 9.47 Å². The molecule has 1 fully saturated rings. The molecule has 2 nitrogen and oxygen atoms in total. The highest BCUT2D eigenvalue weighted by atomic mass is 16.7. The highest BCUT2D eigenvalue weighted by Crippen LogP contribution is 2.23. The molecule has 3 unspecified atom stereocenters. The Hall–Kier alpha value is -0.340. The van der Waals surface area contributed by atoms with Gasteiger partial charge in [0.1, 0.15) is 0 Å². The molecule has 0 aliphatic carbocycles. The van der Waals surface area contributed by atoms with Gasteiger partial charge in [0.15, 0.2) is 6.29 Å². The molecule has 0 aromatic carbocycles. The molecule has 70 valence electrons. The summed E-state index contributed by atoms with van der Waals surface area (Å²) in [6.45, 7) is 8.66. The third-order valence-corrected chi connectivity index (χ3v) is 2.24. The van der Waals surface area contributed by atoms with Gasteiger partial charge in [-0.1, -0.05) is 13.0 Å². The summed E-state index contributed by atoms with van der Waals surface area (Å²) in [6, 6.07) is 0. The number of hydrogen-bond donors (Lipinski definition) is 0. The Morgan fingerprint density at radius 1 is 1.67 bits per heavy atom. The molecule has 0 N–H and O–H groups in total. The molecule has 1 aliphatic heterocycles. The van der Waals surface area contributed by atoms with Gasteiger partial charge in [-0.25, -0.2) is 0 Å². The minimum Gasteiger partial charge on any atom is -0.350 e. The summed E-state index contributed by atoms with van der Waals surface area (Å²) in [5, 5.41) is 0. The van der Waals surface area contributed by atoms with E-state index in [1.165, 1.54) is 0 Å². The van der Waals surface area contributed by atoms with Gasteiger partial charge in [0.05, 0.1) is 12.7 Å². The van der Waals surface area contributed by atoms with Crippen LogP contribution in [0.2, 0.25) is 0 Å². The lowest BCUT2D eigenvalue weighted by Gasteiger charge is -2.19. The first-order valence-electron chi connectivity index (χ1n) is 4.65. The Labute approximate surface area is 74.6 Å². The first kappa shape index (κ1) is 9.75. The molecule has 0 bridgehead atoms. The monoisotopic (exact) mass is 170 g/mol. The van der Waals surface area contributed by atoms with Crippen LogP contribution in [0, 0.1) is 5.92 Å². The SMILES string of the molecule is C=CCC(CC)C1OCC(C)O1. The van der Waals surface area contributed by atoms with Crippen molar-refractivity contribution in [2.75, 3.05) is 6.61 Å². The Morgan fingerprint density at radius 3 is 2.83 bits per heavy atom. The van der Waals surface area contributed by atoms with Crippen molar-refractivity contribution in [2.24, 2.45) is 5.92 Å². The van der Waals surface area contributed by atoms with Crippen LogP contribution in [0.25, 0.3) is 0 Å². The number of hydrogen-bond acceptors (Lipinski definition) is 2. The van der Waals surface area contributed by atoms with Gasteiger partial charge in [0.2, 0.25) is 0 Å². The van der Waals surface area contributed by atoms with Crippen molar-refractivity contribution in [3.8, 4) is 0 Å². The lowest BCUT2D eigenvalue weighted by molar-refractivity contribution is -0.0941. The van der Waals surface area contributed by atoms with Crippen molar-refractivity contribution >= 4 is 0 Å². The molecular weight excluding hydrogens is 152 g/mol. The summed E-state index contributed by atoms with van der Waals surface area (Å²) in [4.78, 5) is 0. The average molecular weight is 170 g/mol. The topological polar surface area (TPSA) is 18.5 Å². The van der Waals surface area contributed by atoms with Gasteiger partial charge in [0, 0.05) is 5.92 Å². The largest absolute Gasteiger partial charge is 0.350 e. The van der Waals surface area contributed by atoms with Crippen LogP contribution in [0.5, 0.6) is 0 Å². The maximum atomic E-state index is 5.60. The molecule has 1 aliphatic rings. The zero-order chi connectivity index (χ0) is 8.97. The van der Waals surface area contributed by atoms with E-state index in [1.807, 2.05) is 13.0 Å². The molecule has 0 aromatic rings. The van der Waals surface area contributed by atoms with Crippen molar-refractivity contribution in [3.05, 3.63) is 12.7 Å². The average Bonchev–Trinajstić information content (AvgIpc) is 2.47. The summed E-state index contributed by atoms with van der Waals surface area (Å²) in [6.07, 6.45) is 4.26. The first-order valence-corrected chi connectivity index (χ1v) is 4.65. The summed E-state index contributed by atoms with van der Waals surface area (Å²) in [5.74, 6) is 0.479. The fourth-order valence-corrected chi connectivity index (χ4v) is 1.47. The van der Waals surface area contributed by atoms with Crippen molar-refractivity contribution in [3.63, 3.8) is 0 Å². The minimum absolute atomic E-state index is 0.00278. The molecular formula is C10H18O2. The lowest BCUT2D eigenvalue weighted by Crippen LogP contribution is -2.21. The van der Waals surface area contributed by atoms with Crippen molar-refractivity contribution in [1.82, 2.24) is 0 Å². The van der Waals surface area contributed by atoms with E-state index in [1.54, 1.807) is 0 Å². The summed E-state index contributed by atoms with van der Waals surface area (Å²) < 4.78 is 11.1. The van der Waals surface area contributed by atoms with E-state index in [0.29, 0.717) is 5.92 Å². The second-order valence-corrected chi connectivity index (χ2v) is 3.34. The second-order valence-electron chi connectivity index (χ2n) is 3.34. The van der Waals surface area contributed by atoms with E-state index in [-0.39, 0.29) is 12.4 Å². The van der Waals surface area contributed by atoms with Crippen LogP contribution in [0.4, 0.5) is 0 Å². The summed E-state index contributed by atoms with van der Waals surface area (Å²) >= 11 is 0. The summed E-state index contributed by atoms with van der Waals surface area (Å²) in [5.41, 5.74) is 0. The van der Waals surface area contributed by atoms with Gasteiger partial charge in [0.25, 0.3) is 0 Å². The summed E-state index contributed by atoms with van der Waals surface area (Å²) in [7, 11) is 0. The Bertz CT molecular complexity index is 145. The molecule has 0 amide bonds. The Morgan fingerprint density at radius 2 is 2.42 bits per heavy atom. The Balaban J connectivity index is 2.38. The maximum Gasteiger partial charge on any atom is 0.161 e. The van der Waals surface area contributed by atoms with Crippen LogP contribution in [-0.4, -0.2) is 19.0 Å². The van der Waals surface area contributed by atoms with Crippen LogP contribution in [0.15, 0.2) is 12.7 Å². The molecule has 12 heavy (non-hydrogen) atoms. The molecule has 0 saturated carbocycles. The van der Waals surface area contributed by atoms with E-state index in [2.05, 4.69) is 13.5 Å². The molecule has 1 rings (SSSR count). The van der Waals surface area contributed by atoms with E-state index in [9.17, 15) is 0 Å². The van der Waals surface area contributed by atoms with E-state index in [0.717, 1.165) is 19.4 Å². The third-order valence-electron chi connectivity index (χ3n) is 2.24. The van der Waals surface area contributed by atoms with E-state index in [4.69, 9.17) is 9.47 Å². The predicted molar refractivity (Wildman–Crippen MR) is 48.9 cm³/mol. The first-order chi connectivity index (χ1) is 5.77. The smallest absolute Gasteiger partial charge is 0.161 e. The highest BCUT2D eigenvalue weighted by Gasteiger charge is 2.28. The minimum atomic E-state index is 0.00278. The number of rotatable bonds is 4. The zero-order valence-electron chi connectivity index (χ0n) is 7.95. The Kier molecular flexibility index (Phi) is 3.76. The van der Waals surface area contributed by atoms with Gasteiger partial charge in [-0.2, -0.15) is 0 Å².